The van der Waals surface area contributed by atoms with Gasteiger partial charge in [0.25, 0.3) is 0 Å². The van der Waals surface area contributed by atoms with Crippen molar-refractivity contribution in [2.24, 2.45) is 7.05 Å². The van der Waals surface area contributed by atoms with E-state index in [1.54, 1.807) is 6.07 Å². The molecule has 0 radical (unpaired) electrons. The molecule has 210 valence electrons. The zero-order valence-corrected chi connectivity index (χ0v) is 23.0. The maximum Gasteiger partial charge on any atom is 0.435 e. The van der Waals surface area contributed by atoms with Crippen molar-refractivity contribution in [1.29, 1.82) is 5.26 Å². The minimum absolute atomic E-state index is 0. The minimum Gasteiger partial charge on any atom is -0.469 e. The summed E-state index contributed by atoms with van der Waals surface area (Å²) in [5, 5.41) is 19.5. The van der Waals surface area contributed by atoms with Gasteiger partial charge in [0.15, 0.2) is 5.69 Å². The van der Waals surface area contributed by atoms with Crippen LogP contribution in [0.2, 0.25) is 0 Å². The molecule has 7 nitrogen and oxygen atoms in total. The molecule has 2 aromatic carbocycles. The Labute approximate surface area is 242 Å². The summed E-state index contributed by atoms with van der Waals surface area (Å²) in [6.07, 6.45) is -2.53. The van der Waals surface area contributed by atoms with E-state index in [4.69, 9.17) is 10.00 Å². The molecule has 0 saturated heterocycles. The van der Waals surface area contributed by atoms with Crippen LogP contribution in [0.5, 0.6) is 5.88 Å². The van der Waals surface area contributed by atoms with Gasteiger partial charge in [0.1, 0.15) is 6.10 Å². The second kappa shape index (κ2) is 13.0. The van der Waals surface area contributed by atoms with Crippen LogP contribution in [0.3, 0.4) is 0 Å². The van der Waals surface area contributed by atoms with E-state index in [1.165, 1.54) is 17.9 Å². The van der Waals surface area contributed by atoms with Gasteiger partial charge in [-0.15, -0.1) is 24.8 Å². The summed E-state index contributed by atoms with van der Waals surface area (Å²) < 4.78 is 46.8. The first kappa shape index (κ1) is 30.8. The van der Waals surface area contributed by atoms with Crippen LogP contribution in [0, 0.1) is 11.3 Å². The fourth-order valence-corrected chi connectivity index (χ4v) is 4.51. The van der Waals surface area contributed by atoms with Gasteiger partial charge in [-0.3, -0.25) is 4.68 Å². The smallest absolute Gasteiger partial charge is 0.435 e. The van der Waals surface area contributed by atoms with Crippen LogP contribution in [0.1, 0.15) is 28.4 Å². The molecular weight excluding hydrogens is 564 g/mol. The number of fused-ring (bicyclic) bond motifs is 1. The van der Waals surface area contributed by atoms with Crippen molar-refractivity contribution in [2.75, 3.05) is 18.4 Å². The highest BCUT2D eigenvalue weighted by Gasteiger charge is 2.35. The number of hydrogen-bond donors (Lipinski definition) is 2. The highest BCUT2D eigenvalue weighted by Crippen LogP contribution is 2.36. The van der Waals surface area contributed by atoms with Gasteiger partial charge in [-0.2, -0.15) is 23.5 Å². The number of alkyl halides is 3. The van der Waals surface area contributed by atoms with Crippen LogP contribution >= 0.6 is 24.8 Å². The lowest BCUT2D eigenvalue weighted by Gasteiger charge is -2.33. The molecule has 12 heteroatoms. The molecule has 0 aliphatic carbocycles. The lowest BCUT2D eigenvalue weighted by molar-refractivity contribution is -0.141. The van der Waals surface area contributed by atoms with Gasteiger partial charge < -0.3 is 15.4 Å². The number of anilines is 1. The third kappa shape index (κ3) is 6.86. The zero-order valence-electron chi connectivity index (χ0n) is 21.4. The molecule has 4 aromatic rings. The van der Waals surface area contributed by atoms with Gasteiger partial charge in [-0.05, 0) is 48.4 Å². The first-order valence-corrected chi connectivity index (χ1v) is 12.1. The SMILES string of the molecule is Cl.Cl.Cn1nc(C(F)(F)F)cc1-c1cnc2c(c1)NC[C@@H]([C@H](NCCc1ccc(C#N)cc1)c1ccccc1)O2. The van der Waals surface area contributed by atoms with Gasteiger partial charge in [-0.25, -0.2) is 4.98 Å². The maximum absolute atomic E-state index is 13.1. The number of aryl methyl sites for hydroxylation is 1. The fraction of sp³-hybridized carbons (Fsp3) is 0.250. The topological polar surface area (TPSA) is 87.8 Å². The van der Waals surface area contributed by atoms with Gasteiger partial charge in [0.2, 0.25) is 5.88 Å². The number of aromatic nitrogens is 3. The molecule has 0 bridgehead atoms. The summed E-state index contributed by atoms with van der Waals surface area (Å²) in [6.45, 7) is 1.16. The molecule has 0 fully saturated rings. The molecule has 1 aliphatic heterocycles. The molecule has 0 spiro atoms. The molecular formula is C28H27Cl2F3N6O. The Hall–Kier alpha value is -3.78. The number of pyridine rings is 1. The molecule has 5 rings (SSSR count). The average Bonchev–Trinajstić information content (AvgIpc) is 3.33. The van der Waals surface area contributed by atoms with E-state index >= 15 is 0 Å². The van der Waals surface area contributed by atoms with Crippen LogP contribution in [-0.4, -0.2) is 34.0 Å². The number of nitrogens with one attached hydrogen (secondary N) is 2. The molecule has 0 unspecified atom stereocenters. The third-order valence-corrected chi connectivity index (χ3v) is 6.47. The van der Waals surface area contributed by atoms with Gasteiger partial charge in [0.05, 0.1) is 35.6 Å². The highest BCUT2D eigenvalue weighted by atomic mass is 35.5. The summed E-state index contributed by atoms with van der Waals surface area (Å²) in [6, 6.07) is 22.2. The average molecular weight is 591 g/mol. The summed E-state index contributed by atoms with van der Waals surface area (Å²) >= 11 is 0. The van der Waals surface area contributed by atoms with E-state index in [1.807, 2.05) is 54.6 Å². The Balaban J connectivity index is 0.00000220. The molecule has 40 heavy (non-hydrogen) atoms. The van der Waals surface area contributed by atoms with Crippen LogP contribution in [0.4, 0.5) is 18.9 Å². The molecule has 2 aromatic heterocycles. The Morgan fingerprint density at radius 2 is 1.85 bits per heavy atom. The van der Waals surface area contributed by atoms with Crippen molar-refractivity contribution in [3.8, 4) is 23.2 Å². The van der Waals surface area contributed by atoms with Gasteiger partial charge in [0, 0.05) is 18.8 Å². The lowest BCUT2D eigenvalue weighted by Crippen LogP contribution is -2.43. The number of nitriles is 1. The van der Waals surface area contributed by atoms with Gasteiger partial charge >= 0.3 is 6.18 Å². The van der Waals surface area contributed by atoms with E-state index in [9.17, 15) is 13.2 Å². The number of halogens is 5. The Kier molecular flexibility index (Phi) is 10.0. The van der Waals surface area contributed by atoms with E-state index in [-0.39, 0.29) is 37.0 Å². The van der Waals surface area contributed by atoms with Crippen molar-refractivity contribution in [3.63, 3.8) is 0 Å². The molecule has 3 heterocycles. The normalized spacial score (nSPS) is 14.8. The molecule has 2 atom stereocenters. The number of ether oxygens (including phenoxy) is 1. The molecule has 1 aliphatic rings. The van der Waals surface area contributed by atoms with Crippen molar-refractivity contribution in [2.45, 2.75) is 24.7 Å². The van der Waals surface area contributed by atoms with E-state index in [2.05, 4.69) is 26.8 Å². The second-order valence-electron chi connectivity index (χ2n) is 9.05. The standard InChI is InChI=1S/C28H25F3N6O.2ClH/c1-37-23(14-25(36-37)28(29,30)31)21-13-22-27(35-16-21)38-24(17-34-22)26(20-5-3-2-4-6-20)33-12-11-18-7-9-19(15-32)10-8-18;;/h2-10,13-14,16,24,26,33-34H,11-12,17H2,1H3;2*1H/t24-,26+;;/m0../s1. The highest BCUT2D eigenvalue weighted by molar-refractivity contribution is 5.85. The van der Waals surface area contributed by atoms with Crippen molar-refractivity contribution in [3.05, 3.63) is 95.3 Å². The third-order valence-electron chi connectivity index (χ3n) is 6.47. The number of benzene rings is 2. The number of nitrogens with zero attached hydrogens (tertiary/aromatic N) is 4. The molecule has 2 N–H and O–H groups in total. The second-order valence-corrected chi connectivity index (χ2v) is 9.05. The monoisotopic (exact) mass is 590 g/mol. The number of rotatable bonds is 7. The Morgan fingerprint density at radius 3 is 2.50 bits per heavy atom. The van der Waals surface area contributed by atoms with E-state index < -0.39 is 11.9 Å². The fourth-order valence-electron chi connectivity index (χ4n) is 4.51. The van der Waals surface area contributed by atoms with Crippen molar-refractivity contribution >= 4 is 30.5 Å². The minimum atomic E-state index is -4.52. The van der Waals surface area contributed by atoms with Crippen LogP contribution in [0.25, 0.3) is 11.3 Å². The molecule has 0 saturated carbocycles. The molecule has 0 amide bonds. The quantitative estimate of drug-likeness (QED) is 0.276. The predicted molar refractivity (Wildman–Crippen MR) is 151 cm³/mol. The van der Waals surface area contributed by atoms with E-state index in [0.717, 1.165) is 23.6 Å². The summed E-state index contributed by atoms with van der Waals surface area (Å²) in [7, 11) is 1.47. The summed E-state index contributed by atoms with van der Waals surface area (Å²) in [5.74, 6) is 0.387. The van der Waals surface area contributed by atoms with Crippen LogP contribution in [0.15, 0.2) is 72.9 Å². The van der Waals surface area contributed by atoms with Crippen molar-refractivity contribution < 1.29 is 17.9 Å². The lowest BCUT2D eigenvalue weighted by atomic mass is 9.99. The van der Waals surface area contributed by atoms with E-state index in [0.29, 0.717) is 41.5 Å². The van der Waals surface area contributed by atoms with Crippen molar-refractivity contribution in [1.82, 2.24) is 20.1 Å². The largest absolute Gasteiger partial charge is 0.469 e. The van der Waals surface area contributed by atoms with Gasteiger partial charge in [-0.1, -0.05) is 42.5 Å². The Bertz CT molecular complexity index is 1460. The summed E-state index contributed by atoms with van der Waals surface area (Å²) in [5.41, 5.74) is 3.28. The maximum atomic E-state index is 13.1. The Morgan fingerprint density at radius 1 is 1.12 bits per heavy atom. The first-order chi connectivity index (χ1) is 18.3. The zero-order chi connectivity index (χ0) is 26.7. The van der Waals surface area contributed by atoms with Crippen LogP contribution < -0.4 is 15.4 Å². The first-order valence-electron chi connectivity index (χ1n) is 12.1. The van der Waals surface area contributed by atoms with Crippen LogP contribution in [-0.2, 0) is 19.6 Å². The summed E-state index contributed by atoms with van der Waals surface area (Å²) in [4.78, 5) is 4.42. The predicted octanol–water partition coefficient (Wildman–Crippen LogP) is 5.96. The number of hydrogen-bond acceptors (Lipinski definition) is 6.